The molecule has 2 aromatic rings. The molecule has 0 saturated heterocycles. The first-order chi connectivity index (χ1) is 9.65. The van der Waals surface area contributed by atoms with E-state index in [9.17, 15) is 0 Å². The molecular formula is C18H23NS. The van der Waals surface area contributed by atoms with Gasteiger partial charge in [-0.15, -0.1) is 0 Å². The number of hydrogen-bond acceptors (Lipinski definition) is 2. The lowest BCUT2D eigenvalue weighted by atomic mass is 10.2. The largest absolute Gasteiger partial charge is 0.312 e. The summed E-state index contributed by atoms with van der Waals surface area (Å²) >= 11 is 1.85. The van der Waals surface area contributed by atoms with Crippen molar-refractivity contribution in [1.29, 1.82) is 0 Å². The molecule has 1 N–H and O–H groups in total. The van der Waals surface area contributed by atoms with E-state index in [-0.39, 0.29) is 0 Å². The van der Waals surface area contributed by atoms with Crippen LogP contribution in [0.2, 0.25) is 0 Å². The summed E-state index contributed by atoms with van der Waals surface area (Å²) < 4.78 is 0. The van der Waals surface area contributed by atoms with Gasteiger partial charge in [0.25, 0.3) is 0 Å². The minimum absolute atomic E-state index is 0.687. The van der Waals surface area contributed by atoms with Crippen LogP contribution in [-0.4, -0.2) is 6.54 Å². The van der Waals surface area contributed by atoms with Gasteiger partial charge in [-0.3, -0.25) is 0 Å². The van der Waals surface area contributed by atoms with Gasteiger partial charge in [-0.05, 0) is 43.1 Å². The molecule has 0 atom stereocenters. The van der Waals surface area contributed by atoms with Crippen LogP contribution in [0.5, 0.6) is 0 Å². The molecule has 0 aliphatic carbocycles. The van der Waals surface area contributed by atoms with Crippen LogP contribution in [0.1, 0.15) is 25.0 Å². The van der Waals surface area contributed by atoms with Crippen LogP contribution in [0.3, 0.4) is 0 Å². The Balaban J connectivity index is 2.07. The van der Waals surface area contributed by atoms with Gasteiger partial charge in [0.2, 0.25) is 0 Å². The molecule has 0 radical (unpaired) electrons. The van der Waals surface area contributed by atoms with Crippen molar-refractivity contribution >= 4 is 11.8 Å². The maximum atomic E-state index is 3.53. The fourth-order valence-corrected chi connectivity index (χ4v) is 3.11. The zero-order valence-electron chi connectivity index (χ0n) is 12.5. The normalized spacial score (nSPS) is 11.0. The Morgan fingerprint density at radius 1 is 1.05 bits per heavy atom. The van der Waals surface area contributed by atoms with Crippen molar-refractivity contribution in [3.63, 3.8) is 0 Å². The Labute approximate surface area is 126 Å². The second-order valence-corrected chi connectivity index (χ2v) is 6.67. The van der Waals surface area contributed by atoms with E-state index in [2.05, 4.69) is 74.6 Å². The lowest BCUT2D eigenvalue weighted by Crippen LogP contribution is -2.19. The van der Waals surface area contributed by atoms with Crippen molar-refractivity contribution in [2.45, 2.75) is 37.1 Å². The molecule has 0 aromatic heterocycles. The molecule has 0 spiro atoms. The molecule has 2 rings (SSSR count). The predicted molar refractivity (Wildman–Crippen MR) is 88.3 cm³/mol. The van der Waals surface area contributed by atoms with E-state index in [4.69, 9.17) is 0 Å². The molecule has 0 amide bonds. The third-order valence-corrected chi connectivity index (χ3v) is 4.17. The van der Waals surface area contributed by atoms with Crippen molar-refractivity contribution in [2.24, 2.45) is 5.92 Å². The number of nitrogens with one attached hydrogen (secondary N) is 1. The van der Waals surface area contributed by atoms with E-state index in [1.165, 1.54) is 20.9 Å². The molecular weight excluding hydrogens is 262 g/mol. The molecule has 106 valence electrons. The molecule has 0 fully saturated rings. The van der Waals surface area contributed by atoms with Gasteiger partial charge in [0.15, 0.2) is 0 Å². The SMILES string of the molecule is Cc1cccc(Sc2ccccc2CNCC(C)C)c1. The summed E-state index contributed by atoms with van der Waals surface area (Å²) in [5.74, 6) is 0.687. The van der Waals surface area contributed by atoms with Crippen LogP contribution in [0.4, 0.5) is 0 Å². The number of hydrogen-bond donors (Lipinski definition) is 1. The molecule has 20 heavy (non-hydrogen) atoms. The average Bonchev–Trinajstić information content (AvgIpc) is 2.40. The van der Waals surface area contributed by atoms with E-state index < -0.39 is 0 Å². The predicted octanol–water partition coefficient (Wildman–Crippen LogP) is 4.89. The van der Waals surface area contributed by atoms with Crippen LogP contribution < -0.4 is 5.32 Å². The Hall–Kier alpha value is -1.25. The van der Waals surface area contributed by atoms with E-state index in [0.717, 1.165) is 13.1 Å². The van der Waals surface area contributed by atoms with E-state index >= 15 is 0 Å². The summed E-state index contributed by atoms with van der Waals surface area (Å²) in [7, 11) is 0. The van der Waals surface area contributed by atoms with Gasteiger partial charge in [-0.2, -0.15) is 0 Å². The number of rotatable bonds is 6. The van der Waals surface area contributed by atoms with Crippen LogP contribution in [0, 0.1) is 12.8 Å². The van der Waals surface area contributed by atoms with Gasteiger partial charge in [0, 0.05) is 16.3 Å². The van der Waals surface area contributed by atoms with Gasteiger partial charge in [0.05, 0.1) is 0 Å². The monoisotopic (exact) mass is 285 g/mol. The van der Waals surface area contributed by atoms with E-state index in [1.807, 2.05) is 11.8 Å². The van der Waals surface area contributed by atoms with E-state index in [0.29, 0.717) is 5.92 Å². The maximum Gasteiger partial charge on any atom is 0.0216 e. The molecule has 0 unspecified atom stereocenters. The summed E-state index contributed by atoms with van der Waals surface area (Å²) in [6, 6.07) is 17.3. The average molecular weight is 285 g/mol. The Morgan fingerprint density at radius 2 is 1.85 bits per heavy atom. The molecule has 0 bridgehead atoms. The van der Waals surface area contributed by atoms with Crippen LogP contribution in [0.25, 0.3) is 0 Å². The molecule has 0 heterocycles. The van der Waals surface area contributed by atoms with Gasteiger partial charge in [-0.25, -0.2) is 0 Å². The first-order valence-corrected chi connectivity index (χ1v) is 8.00. The highest BCUT2D eigenvalue weighted by molar-refractivity contribution is 7.99. The Morgan fingerprint density at radius 3 is 2.60 bits per heavy atom. The lowest BCUT2D eigenvalue weighted by Gasteiger charge is -2.12. The summed E-state index contributed by atoms with van der Waals surface area (Å²) in [5.41, 5.74) is 2.69. The number of aryl methyl sites for hydroxylation is 1. The van der Waals surface area contributed by atoms with E-state index in [1.54, 1.807) is 0 Å². The highest BCUT2D eigenvalue weighted by Crippen LogP contribution is 2.30. The van der Waals surface area contributed by atoms with Gasteiger partial charge in [0.1, 0.15) is 0 Å². The zero-order chi connectivity index (χ0) is 14.4. The summed E-state index contributed by atoms with van der Waals surface area (Å²) in [5, 5.41) is 3.53. The molecule has 2 aromatic carbocycles. The number of benzene rings is 2. The highest BCUT2D eigenvalue weighted by atomic mass is 32.2. The van der Waals surface area contributed by atoms with Crippen LogP contribution in [0.15, 0.2) is 58.3 Å². The summed E-state index contributed by atoms with van der Waals surface area (Å²) in [6.45, 7) is 8.61. The van der Waals surface area contributed by atoms with Gasteiger partial charge in [-0.1, -0.05) is 61.5 Å². The van der Waals surface area contributed by atoms with Crippen molar-refractivity contribution in [1.82, 2.24) is 5.32 Å². The van der Waals surface area contributed by atoms with Gasteiger partial charge < -0.3 is 5.32 Å². The first-order valence-electron chi connectivity index (χ1n) is 7.18. The van der Waals surface area contributed by atoms with Crippen molar-refractivity contribution in [3.8, 4) is 0 Å². The van der Waals surface area contributed by atoms with Crippen molar-refractivity contribution < 1.29 is 0 Å². The second kappa shape index (κ2) is 7.51. The third kappa shape index (κ3) is 4.69. The fourth-order valence-electron chi connectivity index (χ4n) is 2.05. The van der Waals surface area contributed by atoms with Crippen molar-refractivity contribution in [3.05, 3.63) is 59.7 Å². The zero-order valence-corrected chi connectivity index (χ0v) is 13.3. The van der Waals surface area contributed by atoms with Crippen LogP contribution in [-0.2, 0) is 6.54 Å². The molecule has 0 aliphatic heterocycles. The Kier molecular flexibility index (Phi) is 5.69. The first kappa shape index (κ1) is 15.1. The minimum atomic E-state index is 0.687. The molecule has 0 aliphatic rings. The van der Waals surface area contributed by atoms with Crippen molar-refractivity contribution in [2.75, 3.05) is 6.54 Å². The smallest absolute Gasteiger partial charge is 0.0216 e. The quantitative estimate of drug-likeness (QED) is 0.811. The molecule has 2 heteroatoms. The second-order valence-electron chi connectivity index (χ2n) is 5.55. The lowest BCUT2D eigenvalue weighted by molar-refractivity contribution is 0.550. The highest BCUT2D eigenvalue weighted by Gasteiger charge is 2.04. The van der Waals surface area contributed by atoms with Crippen LogP contribution >= 0.6 is 11.8 Å². The maximum absolute atomic E-state index is 3.53. The Bertz CT molecular complexity index is 549. The standard InChI is InChI=1S/C18H23NS/c1-14(2)12-19-13-16-8-4-5-10-18(16)20-17-9-6-7-15(3)11-17/h4-11,14,19H,12-13H2,1-3H3. The fraction of sp³-hybridized carbons (Fsp3) is 0.333. The summed E-state index contributed by atoms with van der Waals surface area (Å²) in [4.78, 5) is 2.65. The topological polar surface area (TPSA) is 12.0 Å². The molecule has 1 nitrogen and oxygen atoms in total. The third-order valence-electron chi connectivity index (χ3n) is 3.06. The summed E-state index contributed by atoms with van der Waals surface area (Å²) in [6.07, 6.45) is 0. The van der Waals surface area contributed by atoms with Gasteiger partial charge >= 0.3 is 0 Å². The minimum Gasteiger partial charge on any atom is -0.312 e. The molecule has 0 saturated carbocycles.